The number of ether oxygens (including phenoxy) is 1. The third-order valence-corrected chi connectivity index (χ3v) is 6.43. The van der Waals surface area contributed by atoms with E-state index in [-0.39, 0.29) is 5.60 Å². The van der Waals surface area contributed by atoms with Crippen LogP contribution in [0.3, 0.4) is 0 Å². The van der Waals surface area contributed by atoms with Crippen LogP contribution >= 0.6 is 11.3 Å². The molecule has 7 heteroatoms. The molecule has 4 heterocycles. The Morgan fingerprint density at radius 2 is 2.00 bits per heavy atom. The average molecular weight is 353 g/mol. The maximum Gasteiger partial charge on any atom is 0.197 e. The SMILES string of the molecule is c1ccc(-n2nnnc2-c2cc3c(s2)C2(CCNCC2)OCC3)cc1. The van der Waals surface area contributed by atoms with Crippen molar-refractivity contribution >= 4 is 11.3 Å². The number of nitrogens with zero attached hydrogens (tertiary/aromatic N) is 4. The minimum Gasteiger partial charge on any atom is -0.369 e. The van der Waals surface area contributed by atoms with Crippen LogP contribution in [-0.4, -0.2) is 39.9 Å². The molecule has 2 aromatic heterocycles. The van der Waals surface area contributed by atoms with Crippen LogP contribution in [-0.2, 0) is 16.8 Å². The molecule has 0 atom stereocenters. The second-order valence-electron chi connectivity index (χ2n) is 6.56. The Morgan fingerprint density at radius 3 is 2.84 bits per heavy atom. The normalized spacial score (nSPS) is 19.0. The maximum atomic E-state index is 6.29. The molecule has 0 saturated carbocycles. The van der Waals surface area contributed by atoms with Gasteiger partial charge in [-0.1, -0.05) is 18.2 Å². The third kappa shape index (κ3) is 2.50. The minimum absolute atomic E-state index is 0.118. The van der Waals surface area contributed by atoms with Crippen molar-refractivity contribution in [3.63, 3.8) is 0 Å². The van der Waals surface area contributed by atoms with Gasteiger partial charge in [-0.25, -0.2) is 0 Å². The molecule has 1 N–H and O–H groups in total. The molecule has 3 aromatic rings. The second kappa shape index (κ2) is 6.01. The lowest BCUT2D eigenvalue weighted by Gasteiger charge is -2.40. The summed E-state index contributed by atoms with van der Waals surface area (Å²) in [7, 11) is 0. The summed E-state index contributed by atoms with van der Waals surface area (Å²) in [6.45, 7) is 2.82. The zero-order valence-corrected chi connectivity index (χ0v) is 14.6. The first-order valence-electron chi connectivity index (χ1n) is 8.68. The molecule has 1 saturated heterocycles. The number of fused-ring (bicyclic) bond motifs is 2. The third-order valence-electron chi connectivity index (χ3n) is 5.07. The first kappa shape index (κ1) is 15.2. The summed E-state index contributed by atoms with van der Waals surface area (Å²) in [6, 6.07) is 12.3. The molecule has 0 aliphatic carbocycles. The van der Waals surface area contributed by atoms with Crippen molar-refractivity contribution in [2.45, 2.75) is 24.9 Å². The summed E-state index contributed by atoms with van der Waals surface area (Å²) in [4.78, 5) is 2.49. The molecule has 0 unspecified atom stereocenters. The molecule has 25 heavy (non-hydrogen) atoms. The lowest BCUT2D eigenvalue weighted by molar-refractivity contribution is -0.0771. The van der Waals surface area contributed by atoms with Crippen LogP contribution in [0.4, 0.5) is 0 Å². The summed E-state index contributed by atoms with van der Waals surface area (Å²) in [5, 5.41) is 15.8. The largest absolute Gasteiger partial charge is 0.369 e. The summed E-state index contributed by atoms with van der Waals surface area (Å²) >= 11 is 1.79. The second-order valence-corrected chi connectivity index (χ2v) is 7.61. The number of para-hydroxylation sites is 1. The topological polar surface area (TPSA) is 64.9 Å². The van der Waals surface area contributed by atoms with Crippen molar-refractivity contribution in [3.8, 4) is 16.4 Å². The van der Waals surface area contributed by atoms with Gasteiger partial charge in [0.2, 0.25) is 0 Å². The Morgan fingerprint density at radius 1 is 1.16 bits per heavy atom. The molecule has 0 bridgehead atoms. The number of piperidine rings is 1. The van der Waals surface area contributed by atoms with E-state index in [1.165, 1.54) is 10.4 Å². The number of hydrogen-bond acceptors (Lipinski definition) is 6. The van der Waals surface area contributed by atoms with Gasteiger partial charge in [0, 0.05) is 4.88 Å². The first-order valence-corrected chi connectivity index (χ1v) is 9.49. The molecule has 0 amide bonds. The van der Waals surface area contributed by atoms with Crippen LogP contribution in [0.25, 0.3) is 16.4 Å². The van der Waals surface area contributed by atoms with Gasteiger partial charge in [-0.2, -0.15) is 4.68 Å². The highest BCUT2D eigenvalue weighted by Gasteiger charge is 2.41. The van der Waals surface area contributed by atoms with Crippen molar-refractivity contribution in [2.24, 2.45) is 0 Å². The lowest BCUT2D eigenvalue weighted by Crippen LogP contribution is -2.43. The molecular weight excluding hydrogens is 334 g/mol. The van der Waals surface area contributed by atoms with Gasteiger partial charge in [0.25, 0.3) is 0 Å². The van der Waals surface area contributed by atoms with Crippen LogP contribution in [0.15, 0.2) is 36.4 Å². The molecule has 1 fully saturated rings. The molecule has 128 valence electrons. The summed E-state index contributed by atoms with van der Waals surface area (Å²) in [5.74, 6) is 0.801. The van der Waals surface area contributed by atoms with E-state index in [9.17, 15) is 0 Å². The molecule has 5 rings (SSSR count). The summed E-state index contributed by atoms with van der Waals surface area (Å²) < 4.78 is 8.10. The van der Waals surface area contributed by atoms with Crippen LogP contribution in [0.5, 0.6) is 0 Å². The minimum atomic E-state index is -0.118. The van der Waals surface area contributed by atoms with Crippen molar-refractivity contribution in [1.29, 1.82) is 0 Å². The zero-order chi connectivity index (χ0) is 16.7. The number of thiophene rings is 1. The Labute approximate surface area is 149 Å². The molecule has 1 aromatic carbocycles. The van der Waals surface area contributed by atoms with E-state index in [2.05, 4.69) is 26.9 Å². The van der Waals surface area contributed by atoms with Gasteiger partial charge in [-0.15, -0.1) is 16.4 Å². The fourth-order valence-corrected chi connectivity index (χ4v) is 5.20. The maximum absolute atomic E-state index is 6.29. The molecule has 2 aliphatic rings. The van der Waals surface area contributed by atoms with Gasteiger partial charge in [-0.05, 0) is 66.5 Å². The standard InChI is InChI=1S/C18H19N5OS/c1-2-4-14(5-3-1)23-17(20-21-22-23)15-12-13-6-11-24-18(16(13)25-15)7-9-19-10-8-18/h1-5,12,19H,6-11H2. The van der Waals surface area contributed by atoms with E-state index < -0.39 is 0 Å². The van der Waals surface area contributed by atoms with Crippen LogP contribution in [0, 0.1) is 0 Å². The fourth-order valence-electron chi connectivity index (χ4n) is 3.82. The highest BCUT2D eigenvalue weighted by molar-refractivity contribution is 7.15. The van der Waals surface area contributed by atoms with E-state index in [1.807, 2.05) is 35.0 Å². The number of hydrogen-bond donors (Lipinski definition) is 1. The molecule has 1 spiro atoms. The van der Waals surface area contributed by atoms with Crippen LogP contribution in [0.2, 0.25) is 0 Å². The Bertz CT molecular complexity index is 882. The quantitative estimate of drug-likeness (QED) is 0.767. The number of benzene rings is 1. The fraction of sp³-hybridized carbons (Fsp3) is 0.389. The van der Waals surface area contributed by atoms with Gasteiger partial charge >= 0.3 is 0 Å². The van der Waals surface area contributed by atoms with E-state index in [4.69, 9.17) is 4.74 Å². The predicted molar refractivity (Wildman–Crippen MR) is 95.9 cm³/mol. The molecule has 2 aliphatic heterocycles. The van der Waals surface area contributed by atoms with Gasteiger partial charge in [-0.3, -0.25) is 0 Å². The van der Waals surface area contributed by atoms with E-state index in [1.54, 1.807) is 11.3 Å². The summed E-state index contributed by atoms with van der Waals surface area (Å²) in [5.41, 5.74) is 2.25. The number of rotatable bonds is 2. The first-order chi connectivity index (χ1) is 12.4. The van der Waals surface area contributed by atoms with Crippen molar-refractivity contribution in [1.82, 2.24) is 25.5 Å². The monoisotopic (exact) mass is 353 g/mol. The van der Waals surface area contributed by atoms with E-state index >= 15 is 0 Å². The Kier molecular flexibility index (Phi) is 3.65. The van der Waals surface area contributed by atoms with E-state index in [0.29, 0.717) is 0 Å². The average Bonchev–Trinajstić information content (AvgIpc) is 3.31. The summed E-state index contributed by atoms with van der Waals surface area (Å²) in [6.07, 6.45) is 3.03. The zero-order valence-electron chi connectivity index (χ0n) is 13.8. The smallest absolute Gasteiger partial charge is 0.197 e. The lowest BCUT2D eigenvalue weighted by atomic mass is 9.86. The molecule has 0 radical (unpaired) electrons. The van der Waals surface area contributed by atoms with E-state index in [0.717, 1.165) is 55.3 Å². The van der Waals surface area contributed by atoms with Crippen molar-refractivity contribution in [2.75, 3.05) is 19.7 Å². The number of aromatic nitrogens is 4. The number of nitrogens with one attached hydrogen (secondary N) is 1. The van der Waals surface area contributed by atoms with Gasteiger partial charge in [0.1, 0.15) is 5.60 Å². The number of tetrazole rings is 1. The predicted octanol–water partition coefficient (Wildman–Crippen LogP) is 2.54. The highest BCUT2D eigenvalue weighted by atomic mass is 32.1. The Balaban J connectivity index is 1.59. The van der Waals surface area contributed by atoms with Crippen molar-refractivity contribution < 1.29 is 4.74 Å². The molecule has 6 nitrogen and oxygen atoms in total. The van der Waals surface area contributed by atoms with Gasteiger partial charge < -0.3 is 10.1 Å². The Hall–Kier alpha value is -2.09. The van der Waals surface area contributed by atoms with Crippen molar-refractivity contribution in [3.05, 3.63) is 46.8 Å². The van der Waals surface area contributed by atoms with Gasteiger partial charge in [0.05, 0.1) is 17.2 Å². The molecular formula is C18H19N5OS. The highest BCUT2D eigenvalue weighted by Crippen LogP contribution is 2.46. The van der Waals surface area contributed by atoms with Gasteiger partial charge in [0.15, 0.2) is 5.82 Å². The van der Waals surface area contributed by atoms with Crippen LogP contribution in [0.1, 0.15) is 23.3 Å². The van der Waals surface area contributed by atoms with Crippen LogP contribution < -0.4 is 5.32 Å².